The van der Waals surface area contributed by atoms with Crippen molar-refractivity contribution in [2.24, 2.45) is 0 Å². The average Bonchev–Trinajstić information content (AvgIpc) is 2.83. The molecule has 108 valence electrons. The first-order valence-corrected chi connectivity index (χ1v) is 6.26. The summed E-state index contributed by atoms with van der Waals surface area (Å²) >= 11 is 5.83. The fraction of sp³-hybridized carbons (Fsp3) is 0.0769. The predicted octanol–water partition coefficient (Wildman–Crippen LogP) is 4.15. The quantitative estimate of drug-likeness (QED) is 0.773. The van der Waals surface area contributed by atoms with Crippen molar-refractivity contribution < 1.29 is 13.2 Å². The number of alkyl halides is 3. The lowest BCUT2D eigenvalue weighted by Crippen LogP contribution is -2.07. The van der Waals surface area contributed by atoms with Crippen LogP contribution in [0.4, 0.5) is 24.8 Å². The molecule has 1 aromatic carbocycles. The third-order valence-electron chi connectivity index (χ3n) is 2.82. The van der Waals surface area contributed by atoms with Crippen LogP contribution in [0.15, 0.2) is 42.6 Å². The summed E-state index contributed by atoms with van der Waals surface area (Å²) < 4.78 is 39.7. The van der Waals surface area contributed by atoms with Gasteiger partial charge in [-0.1, -0.05) is 29.8 Å². The van der Waals surface area contributed by atoms with E-state index in [0.29, 0.717) is 5.69 Å². The molecule has 0 amide bonds. The molecule has 3 aromatic rings. The second-order valence-corrected chi connectivity index (χ2v) is 4.69. The van der Waals surface area contributed by atoms with E-state index >= 15 is 0 Å². The van der Waals surface area contributed by atoms with Gasteiger partial charge >= 0.3 is 6.18 Å². The summed E-state index contributed by atoms with van der Waals surface area (Å²) in [7, 11) is 0. The maximum absolute atomic E-state index is 12.8. The number of nitrogens with zero attached hydrogens (tertiary/aromatic N) is 3. The van der Waals surface area contributed by atoms with Crippen LogP contribution in [0.5, 0.6) is 0 Å². The lowest BCUT2D eigenvalue weighted by Gasteiger charge is -2.09. The topological polar surface area (TPSA) is 42.2 Å². The fourth-order valence-corrected chi connectivity index (χ4v) is 2.09. The number of anilines is 2. The average molecular weight is 313 g/mol. The van der Waals surface area contributed by atoms with Crippen molar-refractivity contribution in [2.45, 2.75) is 6.18 Å². The number of fused-ring (bicyclic) bond motifs is 1. The number of aromatic nitrogens is 3. The molecule has 3 rings (SSSR count). The van der Waals surface area contributed by atoms with E-state index in [0.717, 1.165) is 12.3 Å². The molecule has 0 saturated heterocycles. The fourth-order valence-electron chi connectivity index (χ4n) is 1.84. The van der Waals surface area contributed by atoms with Gasteiger partial charge < -0.3 is 5.32 Å². The van der Waals surface area contributed by atoms with Gasteiger partial charge in [0.05, 0.1) is 10.6 Å². The van der Waals surface area contributed by atoms with Gasteiger partial charge in [0.15, 0.2) is 5.65 Å². The van der Waals surface area contributed by atoms with E-state index in [1.54, 1.807) is 24.3 Å². The molecule has 0 aliphatic heterocycles. The molecular formula is C13H8ClF3N4. The highest BCUT2D eigenvalue weighted by Crippen LogP contribution is 2.33. The third kappa shape index (κ3) is 2.64. The van der Waals surface area contributed by atoms with Gasteiger partial charge in [0.25, 0.3) is 0 Å². The molecule has 0 radical (unpaired) electrons. The lowest BCUT2D eigenvalue weighted by atomic mass is 10.3. The summed E-state index contributed by atoms with van der Waals surface area (Å²) in [5.41, 5.74) is -0.0284. The Labute approximate surface area is 122 Å². The summed E-state index contributed by atoms with van der Waals surface area (Å²) in [6.07, 6.45) is -3.58. The van der Waals surface area contributed by atoms with Crippen LogP contribution in [0, 0.1) is 0 Å². The molecule has 0 spiro atoms. The SMILES string of the molecule is FC(F)(F)c1cc(Cl)c2nnc(Nc3ccccc3)n2c1. The first kappa shape index (κ1) is 13.7. The maximum atomic E-state index is 12.8. The minimum Gasteiger partial charge on any atom is -0.324 e. The van der Waals surface area contributed by atoms with Crippen molar-refractivity contribution in [3.05, 3.63) is 53.2 Å². The van der Waals surface area contributed by atoms with Crippen molar-refractivity contribution >= 4 is 28.9 Å². The van der Waals surface area contributed by atoms with Gasteiger partial charge in [0.1, 0.15) is 0 Å². The normalized spacial score (nSPS) is 11.8. The Hall–Kier alpha value is -2.28. The van der Waals surface area contributed by atoms with Gasteiger partial charge in [-0.05, 0) is 18.2 Å². The maximum Gasteiger partial charge on any atom is 0.417 e. The standard InChI is InChI=1S/C13H8ClF3N4/c14-10-6-8(13(15,16)17)7-21-11(10)19-20-12(21)18-9-4-2-1-3-5-9/h1-7H,(H,18,20). The van der Waals surface area contributed by atoms with Crippen molar-refractivity contribution in [3.8, 4) is 0 Å². The van der Waals surface area contributed by atoms with Gasteiger partial charge in [-0.25, -0.2) is 0 Å². The Bertz CT molecular complexity index is 783. The Morgan fingerprint density at radius 2 is 1.81 bits per heavy atom. The summed E-state index contributed by atoms with van der Waals surface area (Å²) in [5.74, 6) is 0.157. The largest absolute Gasteiger partial charge is 0.417 e. The lowest BCUT2D eigenvalue weighted by molar-refractivity contribution is -0.137. The Morgan fingerprint density at radius 3 is 2.48 bits per heavy atom. The van der Waals surface area contributed by atoms with Crippen LogP contribution in [0.3, 0.4) is 0 Å². The molecule has 8 heteroatoms. The first-order chi connectivity index (χ1) is 9.95. The van der Waals surface area contributed by atoms with Crippen LogP contribution in [-0.4, -0.2) is 14.6 Å². The van der Waals surface area contributed by atoms with Crippen LogP contribution in [0.1, 0.15) is 5.56 Å². The van der Waals surface area contributed by atoms with Crippen LogP contribution in [0.2, 0.25) is 5.02 Å². The molecule has 0 saturated carbocycles. The Kier molecular flexibility index (Phi) is 3.21. The van der Waals surface area contributed by atoms with Crippen LogP contribution in [0.25, 0.3) is 5.65 Å². The Balaban J connectivity index is 2.10. The Morgan fingerprint density at radius 1 is 1.10 bits per heavy atom. The molecule has 0 atom stereocenters. The number of halogens is 4. The molecule has 1 N–H and O–H groups in total. The van der Waals surface area contributed by atoms with E-state index in [1.807, 2.05) is 6.07 Å². The minimum absolute atomic E-state index is 0.113. The molecule has 0 aliphatic rings. The van der Waals surface area contributed by atoms with E-state index < -0.39 is 11.7 Å². The summed E-state index contributed by atoms with van der Waals surface area (Å²) in [5, 5.41) is 10.4. The smallest absolute Gasteiger partial charge is 0.324 e. The van der Waals surface area contributed by atoms with Crippen LogP contribution >= 0.6 is 11.6 Å². The number of para-hydroxylation sites is 1. The molecule has 4 nitrogen and oxygen atoms in total. The number of rotatable bonds is 2. The molecule has 0 unspecified atom stereocenters. The first-order valence-electron chi connectivity index (χ1n) is 5.89. The van der Waals surface area contributed by atoms with E-state index in [4.69, 9.17) is 11.6 Å². The highest BCUT2D eigenvalue weighted by molar-refractivity contribution is 6.33. The number of hydrogen-bond acceptors (Lipinski definition) is 3. The van der Waals surface area contributed by atoms with Gasteiger partial charge in [0.2, 0.25) is 5.95 Å². The molecule has 0 fully saturated rings. The zero-order chi connectivity index (χ0) is 15.0. The zero-order valence-corrected chi connectivity index (χ0v) is 11.2. The predicted molar refractivity (Wildman–Crippen MR) is 72.7 cm³/mol. The third-order valence-corrected chi connectivity index (χ3v) is 3.10. The van der Waals surface area contributed by atoms with E-state index in [9.17, 15) is 13.2 Å². The van der Waals surface area contributed by atoms with Gasteiger partial charge in [0, 0.05) is 11.9 Å². The molecule has 0 bridgehead atoms. The molecule has 21 heavy (non-hydrogen) atoms. The summed E-state index contributed by atoms with van der Waals surface area (Å²) in [6, 6.07) is 9.76. The second kappa shape index (κ2) is 4.92. The number of benzene rings is 1. The number of pyridine rings is 1. The highest BCUT2D eigenvalue weighted by Gasteiger charge is 2.32. The summed E-state index contributed by atoms with van der Waals surface area (Å²) in [4.78, 5) is 0. The zero-order valence-electron chi connectivity index (χ0n) is 10.4. The van der Waals surface area contributed by atoms with Crippen molar-refractivity contribution in [2.75, 3.05) is 5.32 Å². The van der Waals surface area contributed by atoms with Crippen LogP contribution < -0.4 is 5.32 Å². The van der Waals surface area contributed by atoms with Crippen LogP contribution in [-0.2, 0) is 6.18 Å². The molecular weight excluding hydrogens is 305 g/mol. The monoisotopic (exact) mass is 312 g/mol. The van der Waals surface area contributed by atoms with E-state index in [2.05, 4.69) is 15.5 Å². The van der Waals surface area contributed by atoms with Crippen molar-refractivity contribution in [1.82, 2.24) is 14.6 Å². The van der Waals surface area contributed by atoms with Gasteiger partial charge in [-0.15, -0.1) is 10.2 Å². The number of nitrogens with one attached hydrogen (secondary N) is 1. The number of hydrogen-bond donors (Lipinski definition) is 1. The second-order valence-electron chi connectivity index (χ2n) is 4.28. The minimum atomic E-state index is -4.49. The molecule has 2 heterocycles. The van der Waals surface area contributed by atoms with E-state index in [-0.39, 0.29) is 16.6 Å². The molecule has 2 aromatic heterocycles. The van der Waals surface area contributed by atoms with Gasteiger partial charge in [-0.2, -0.15) is 13.2 Å². The summed E-state index contributed by atoms with van der Waals surface area (Å²) in [6.45, 7) is 0. The van der Waals surface area contributed by atoms with Gasteiger partial charge in [-0.3, -0.25) is 4.40 Å². The van der Waals surface area contributed by atoms with Crippen molar-refractivity contribution in [1.29, 1.82) is 0 Å². The van der Waals surface area contributed by atoms with E-state index in [1.165, 1.54) is 4.40 Å². The van der Waals surface area contributed by atoms with Crippen molar-refractivity contribution in [3.63, 3.8) is 0 Å². The highest BCUT2D eigenvalue weighted by atomic mass is 35.5. The molecule has 0 aliphatic carbocycles.